The molecule has 0 bridgehead atoms. The number of piperazine rings is 1. The zero-order valence-corrected chi connectivity index (χ0v) is 20.3. The second kappa shape index (κ2) is 10.2. The van der Waals surface area contributed by atoms with Crippen LogP contribution in [0.25, 0.3) is 11.3 Å². The van der Waals surface area contributed by atoms with E-state index < -0.39 is 0 Å². The predicted octanol–water partition coefficient (Wildman–Crippen LogP) is 3.85. The number of hydrogen-bond acceptors (Lipinski definition) is 8. The van der Waals surface area contributed by atoms with E-state index in [2.05, 4.69) is 44.6 Å². The molecule has 4 rings (SSSR count). The van der Waals surface area contributed by atoms with Crippen molar-refractivity contribution in [3.05, 3.63) is 47.5 Å². The smallest absolute Gasteiger partial charge is 0.251 e. The number of pyridine rings is 1. The molecule has 0 unspecified atom stereocenters. The normalized spacial score (nSPS) is 14.4. The van der Waals surface area contributed by atoms with Gasteiger partial charge >= 0.3 is 0 Å². The summed E-state index contributed by atoms with van der Waals surface area (Å²) in [5, 5.41) is 8.70. The van der Waals surface area contributed by atoms with Gasteiger partial charge in [-0.15, -0.1) is 11.3 Å². The molecule has 0 saturated carbocycles. The summed E-state index contributed by atoms with van der Waals surface area (Å²) in [6.07, 6.45) is 1.89. The third kappa shape index (κ3) is 5.61. The maximum absolute atomic E-state index is 12.1. The third-order valence-corrected chi connectivity index (χ3v) is 6.21. The molecular weight excluding hydrogens is 436 g/mol. The number of anilines is 3. The van der Waals surface area contributed by atoms with Gasteiger partial charge in [0.2, 0.25) is 0 Å². The van der Waals surface area contributed by atoms with Crippen LogP contribution in [0.2, 0.25) is 0 Å². The summed E-state index contributed by atoms with van der Waals surface area (Å²) in [7, 11) is 3.76. The maximum Gasteiger partial charge on any atom is 0.251 e. The summed E-state index contributed by atoms with van der Waals surface area (Å²) in [5.41, 5.74) is 3.08. The Morgan fingerprint density at radius 1 is 1.15 bits per heavy atom. The molecule has 1 aliphatic rings. The summed E-state index contributed by atoms with van der Waals surface area (Å²) < 4.78 is 5.92. The molecule has 1 saturated heterocycles. The fourth-order valence-electron chi connectivity index (χ4n) is 3.61. The average Bonchev–Trinajstić information content (AvgIpc) is 3.28. The van der Waals surface area contributed by atoms with Gasteiger partial charge in [-0.25, -0.2) is 9.97 Å². The third-order valence-electron chi connectivity index (χ3n) is 5.45. The number of nitrogens with one attached hydrogen (secondary N) is 2. The molecular formula is C24H30N6O2S. The van der Waals surface area contributed by atoms with E-state index in [1.165, 1.54) is 11.3 Å². The van der Waals surface area contributed by atoms with Gasteiger partial charge in [0.25, 0.3) is 5.91 Å². The largest absolute Gasteiger partial charge is 0.489 e. The van der Waals surface area contributed by atoms with Crippen molar-refractivity contribution in [1.29, 1.82) is 0 Å². The van der Waals surface area contributed by atoms with Crippen molar-refractivity contribution in [2.45, 2.75) is 20.0 Å². The van der Waals surface area contributed by atoms with Crippen molar-refractivity contribution in [1.82, 2.24) is 20.2 Å². The number of ether oxygens (including phenoxy) is 1. The number of nitrogens with zero attached hydrogens (tertiary/aromatic N) is 4. The quantitative estimate of drug-likeness (QED) is 0.547. The molecule has 1 amide bonds. The van der Waals surface area contributed by atoms with Crippen molar-refractivity contribution in [2.75, 3.05) is 50.5 Å². The Morgan fingerprint density at radius 2 is 1.94 bits per heavy atom. The molecule has 8 nitrogen and oxygen atoms in total. The van der Waals surface area contributed by atoms with E-state index in [4.69, 9.17) is 9.72 Å². The lowest BCUT2D eigenvalue weighted by Crippen LogP contribution is -2.44. The Kier molecular flexibility index (Phi) is 7.10. The summed E-state index contributed by atoms with van der Waals surface area (Å²) in [5.74, 6) is 1.52. The topological polar surface area (TPSA) is 82.6 Å². The number of carbonyl (C=O) groups excluding carboxylic acids is 1. The molecule has 9 heteroatoms. The molecule has 0 atom stereocenters. The highest BCUT2D eigenvalue weighted by molar-refractivity contribution is 7.14. The second-order valence-electron chi connectivity index (χ2n) is 8.31. The van der Waals surface area contributed by atoms with Gasteiger partial charge in [0.1, 0.15) is 11.6 Å². The SMILES string of the molecule is CNC(=O)c1ccc(OC(C)C)c(Nc2nc(-c3ccc(N4CCN(C)CC4)nc3)cs2)c1. The number of thiazole rings is 1. The molecule has 33 heavy (non-hydrogen) atoms. The molecule has 0 aliphatic carbocycles. The van der Waals surface area contributed by atoms with Crippen LogP contribution in [0.3, 0.4) is 0 Å². The van der Waals surface area contributed by atoms with Crippen LogP contribution in [0.1, 0.15) is 24.2 Å². The van der Waals surface area contributed by atoms with Gasteiger partial charge < -0.3 is 25.2 Å². The van der Waals surface area contributed by atoms with E-state index in [9.17, 15) is 4.79 Å². The number of carbonyl (C=O) groups is 1. The number of amides is 1. The highest BCUT2D eigenvalue weighted by Gasteiger charge is 2.16. The molecule has 3 aromatic rings. The van der Waals surface area contributed by atoms with Crippen LogP contribution in [0.4, 0.5) is 16.6 Å². The van der Waals surface area contributed by atoms with Gasteiger partial charge in [0, 0.05) is 55.9 Å². The van der Waals surface area contributed by atoms with Gasteiger partial charge in [0.15, 0.2) is 5.13 Å². The lowest BCUT2D eigenvalue weighted by molar-refractivity contribution is 0.0963. The first-order valence-corrected chi connectivity index (χ1v) is 12.0. The molecule has 0 spiro atoms. The Bertz CT molecular complexity index is 1090. The Balaban J connectivity index is 1.51. The standard InChI is InChI=1S/C24H30N6O2S/c1-16(2)32-21-7-5-17(23(31)25-3)13-19(21)27-24-28-20(15-33-24)18-6-8-22(26-14-18)30-11-9-29(4)10-12-30/h5-8,13-16H,9-12H2,1-4H3,(H,25,31)(H,27,28). The van der Waals surface area contributed by atoms with Crippen molar-refractivity contribution < 1.29 is 9.53 Å². The van der Waals surface area contributed by atoms with Crippen LogP contribution < -0.4 is 20.3 Å². The van der Waals surface area contributed by atoms with Gasteiger partial charge in [-0.3, -0.25) is 4.79 Å². The molecule has 1 fully saturated rings. The molecule has 0 radical (unpaired) electrons. The number of aromatic nitrogens is 2. The zero-order valence-electron chi connectivity index (χ0n) is 19.5. The van der Waals surface area contributed by atoms with Crippen molar-refractivity contribution >= 4 is 33.9 Å². The van der Waals surface area contributed by atoms with Gasteiger partial charge in [-0.05, 0) is 51.2 Å². The fraction of sp³-hybridized carbons (Fsp3) is 0.375. The van der Waals surface area contributed by atoms with E-state index in [0.717, 1.165) is 48.4 Å². The summed E-state index contributed by atoms with van der Waals surface area (Å²) in [6, 6.07) is 9.47. The first-order valence-electron chi connectivity index (χ1n) is 11.1. The Hall–Kier alpha value is -3.17. The van der Waals surface area contributed by atoms with E-state index in [1.54, 1.807) is 19.2 Å². The first-order chi connectivity index (χ1) is 15.9. The minimum absolute atomic E-state index is 0.00755. The summed E-state index contributed by atoms with van der Waals surface area (Å²) in [6.45, 7) is 8.02. The van der Waals surface area contributed by atoms with Crippen LogP contribution >= 0.6 is 11.3 Å². The molecule has 2 N–H and O–H groups in total. The number of rotatable bonds is 7. The Labute approximate surface area is 198 Å². The van der Waals surface area contributed by atoms with Crippen molar-refractivity contribution in [3.8, 4) is 17.0 Å². The molecule has 2 aromatic heterocycles. The lowest BCUT2D eigenvalue weighted by Gasteiger charge is -2.33. The predicted molar refractivity (Wildman–Crippen MR) is 134 cm³/mol. The summed E-state index contributed by atoms with van der Waals surface area (Å²) >= 11 is 1.50. The molecule has 174 valence electrons. The van der Waals surface area contributed by atoms with Crippen molar-refractivity contribution in [2.24, 2.45) is 0 Å². The Morgan fingerprint density at radius 3 is 2.61 bits per heavy atom. The zero-order chi connectivity index (χ0) is 23.4. The maximum atomic E-state index is 12.1. The van der Waals surface area contributed by atoms with E-state index in [-0.39, 0.29) is 12.0 Å². The molecule has 3 heterocycles. The minimum atomic E-state index is -0.152. The van der Waals surface area contributed by atoms with Gasteiger partial charge in [-0.2, -0.15) is 0 Å². The highest BCUT2D eigenvalue weighted by Crippen LogP contribution is 2.33. The van der Waals surface area contributed by atoms with Crippen LogP contribution in [0.5, 0.6) is 5.75 Å². The van der Waals surface area contributed by atoms with E-state index in [0.29, 0.717) is 17.0 Å². The van der Waals surface area contributed by atoms with Crippen molar-refractivity contribution in [3.63, 3.8) is 0 Å². The van der Waals surface area contributed by atoms with Gasteiger partial charge in [-0.1, -0.05) is 0 Å². The highest BCUT2D eigenvalue weighted by atomic mass is 32.1. The minimum Gasteiger partial charge on any atom is -0.489 e. The van der Waals surface area contributed by atoms with Crippen LogP contribution in [-0.2, 0) is 0 Å². The van der Waals surface area contributed by atoms with Crippen LogP contribution in [0, 0.1) is 0 Å². The number of likely N-dealkylation sites (N-methyl/N-ethyl adjacent to an activating group) is 1. The van der Waals surface area contributed by atoms with E-state index in [1.807, 2.05) is 31.5 Å². The second-order valence-corrected chi connectivity index (χ2v) is 9.17. The van der Waals surface area contributed by atoms with Crippen LogP contribution in [-0.4, -0.2) is 67.2 Å². The lowest BCUT2D eigenvalue weighted by atomic mass is 10.1. The number of benzene rings is 1. The monoisotopic (exact) mass is 466 g/mol. The summed E-state index contributed by atoms with van der Waals surface area (Å²) in [4.78, 5) is 26.1. The first kappa shape index (κ1) is 23.0. The molecule has 1 aliphatic heterocycles. The number of hydrogen-bond donors (Lipinski definition) is 2. The fourth-order valence-corrected chi connectivity index (χ4v) is 4.34. The van der Waals surface area contributed by atoms with Crippen LogP contribution in [0.15, 0.2) is 41.9 Å². The average molecular weight is 467 g/mol. The van der Waals surface area contributed by atoms with Gasteiger partial charge in [0.05, 0.1) is 17.5 Å². The van der Waals surface area contributed by atoms with E-state index >= 15 is 0 Å². The molecule has 1 aromatic carbocycles.